The van der Waals surface area contributed by atoms with Crippen LogP contribution in [-0.4, -0.2) is 66.3 Å². The number of carboxylic acid groups (broad SMARTS) is 1. The number of amides is 1. The van der Waals surface area contributed by atoms with Gasteiger partial charge in [0.1, 0.15) is 23.9 Å². The lowest BCUT2D eigenvalue weighted by atomic mass is 10.0. The van der Waals surface area contributed by atoms with Gasteiger partial charge in [-0.15, -0.1) is 0 Å². The molecule has 5 atom stereocenters. The van der Waals surface area contributed by atoms with Gasteiger partial charge in [0.05, 0.1) is 6.10 Å². The molecule has 0 bridgehead atoms. The van der Waals surface area contributed by atoms with Crippen LogP contribution in [0.25, 0.3) is 0 Å². The molecule has 0 aromatic carbocycles. The molecule has 2 heterocycles. The Balaban J connectivity index is 2.04. The molecule has 9 nitrogen and oxygen atoms in total. The summed E-state index contributed by atoms with van der Waals surface area (Å²) in [5.74, 6) is -2.00. The fourth-order valence-electron chi connectivity index (χ4n) is 2.93. The molecule has 2 saturated heterocycles. The van der Waals surface area contributed by atoms with Gasteiger partial charge in [0.25, 0.3) is 0 Å². The van der Waals surface area contributed by atoms with Crippen LogP contribution in [0.4, 0.5) is 4.79 Å². The molecular formula is C16H27NO8. The summed E-state index contributed by atoms with van der Waals surface area (Å²) in [6, 6.07) is -1.19. The predicted octanol–water partition coefficient (Wildman–Crippen LogP) is 1.25. The molecule has 2 rings (SSSR count). The highest BCUT2D eigenvalue weighted by Crippen LogP contribution is 2.40. The fourth-order valence-corrected chi connectivity index (χ4v) is 2.93. The van der Waals surface area contributed by atoms with Crippen LogP contribution in [0.2, 0.25) is 0 Å². The van der Waals surface area contributed by atoms with Crippen LogP contribution in [-0.2, 0) is 28.5 Å². The number of carbonyl (C=O) groups excluding carboxylic acids is 1. The SMILES string of the molecule is COC1OC(C[C@@H](NC(=O)OC(C)(C)C)C(=O)O)C2OC(C)(C)OC12. The number of alkyl carbamates (subject to hydrolysis) is 1. The number of fused-ring (bicyclic) bond motifs is 1. The van der Waals surface area contributed by atoms with Crippen molar-refractivity contribution in [2.75, 3.05) is 7.11 Å². The lowest BCUT2D eigenvalue weighted by molar-refractivity contribution is -0.228. The summed E-state index contributed by atoms with van der Waals surface area (Å²) in [4.78, 5) is 23.4. The normalized spacial score (nSPS) is 32.1. The van der Waals surface area contributed by atoms with Crippen molar-refractivity contribution in [3.63, 3.8) is 0 Å². The second-order valence-corrected chi connectivity index (χ2v) is 7.62. The highest BCUT2D eigenvalue weighted by atomic mass is 16.8. The standard InChI is InChI=1S/C16H27NO8/c1-15(2,3)25-14(20)17-8(12(18)19)7-9-10-11(13(21-6)22-9)24-16(4,5)23-10/h8-11,13H,7H2,1-6H3,(H,17,20)(H,18,19)/t8-,9?,10?,11?,13?/m1/s1. The summed E-state index contributed by atoms with van der Waals surface area (Å²) in [6.07, 6.45) is -3.01. The van der Waals surface area contributed by atoms with Crippen molar-refractivity contribution in [2.24, 2.45) is 0 Å². The van der Waals surface area contributed by atoms with Crippen LogP contribution < -0.4 is 5.32 Å². The van der Waals surface area contributed by atoms with E-state index in [9.17, 15) is 14.7 Å². The molecule has 0 aliphatic carbocycles. The average Bonchev–Trinajstić information content (AvgIpc) is 2.89. The Hall–Kier alpha value is -1.42. The maximum atomic E-state index is 11.9. The van der Waals surface area contributed by atoms with E-state index in [1.54, 1.807) is 34.6 Å². The van der Waals surface area contributed by atoms with Crippen molar-refractivity contribution in [3.8, 4) is 0 Å². The number of nitrogens with one attached hydrogen (secondary N) is 1. The molecule has 2 N–H and O–H groups in total. The van der Waals surface area contributed by atoms with Crippen molar-refractivity contribution in [3.05, 3.63) is 0 Å². The maximum Gasteiger partial charge on any atom is 0.408 e. The van der Waals surface area contributed by atoms with E-state index in [1.165, 1.54) is 7.11 Å². The first-order valence-corrected chi connectivity index (χ1v) is 8.18. The molecule has 0 aromatic rings. The van der Waals surface area contributed by atoms with Gasteiger partial charge < -0.3 is 34.1 Å². The minimum Gasteiger partial charge on any atom is -0.480 e. The van der Waals surface area contributed by atoms with E-state index in [2.05, 4.69) is 5.32 Å². The largest absolute Gasteiger partial charge is 0.480 e. The Labute approximate surface area is 146 Å². The average molecular weight is 361 g/mol. The second kappa shape index (κ2) is 7.06. The summed E-state index contributed by atoms with van der Waals surface area (Å²) in [5.41, 5.74) is -0.727. The molecular weight excluding hydrogens is 334 g/mol. The summed E-state index contributed by atoms with van der Waals surface area (Å²) < 4.78 is 27.7. The van der Waals surface area contributed by atoms with Crippen molar-refractivity contribution in [1.29, 1.82) is 0 Å². The number of carbonyl (C=O) groups is 2. The lowest BCUT2D eigenvalue weighted by Crippen LogP contribution is -2.46. The molecule has 9 heteroatoms. The first-order chi connectivity index (χ1) is 11.4. The quantitative estimate of drug-likeness (QED) is 0.752. The van der Waals surface area contributed by atoms with E-state index in [0.717, 1.165) is 0 Å². The third kappa shape index (κ3) is 5.04. The van der Waals surface area contributed by atoms with Crippen LogP contribution in [0.3, 0.4) is 0 Å². The first-order valence-electron chi connectivity index (χ1n) is 8.18. The molecule has 144 valence electrons. The zero-order valence-corrected chi connectivity index (χ0v) is 15.4. The van der Waals surface area contributed by atoms with Gasteiger partial charge in [-0.1, -0.05) is 0 Å². The van der Waals surface area contributed by atoms with E-state index in [-0.39, 0.29) is 6.42 Å². The minimum absolute atomic E-state index is 0.00492. The summed E-state index contributed by atoms with van der Waals surface area (Å²) in [5, 5.41) is 11.8. The Morgan fingerprint density at radius 1 is 1.24 bits per heavy atom. The molecule has 0 radical (unpaired) electrons. The number of hydrogen-bond donors (Lipinski definition) is 2. The predicted molar refractivity (Wildman–Crippen MR) is 84.9 cm³/mol. The van der Waals surface area contributed by atoms with Gasteiger partial charge >= 0.3 is 12.1 Å². The number of rotatable bonds is 5. The van der Waals surface area contributed by atoms with Crippen LogP contribution in [0.1, 0.15) is 41.0 Å². The van der Waals surface area contributed by atoms with E-state index in [4.69, 9.17) is 23.7 Å². The van der Waals surface area contributed by atoms with Crippen molar-refractivity contribution in [1.82, 2.24) is 5.32 Å². The number of ether oxygens (including phenoxy) is 5. The van der Waals surface area contributed by atoms with Crippen LogP contribution in [0.15, 0.2) is 0 Å². The van der Waals surface area contributed by atoms with Crippen molar-refractivity contribution in [2.45, 2.75) is 83.1 Å². The minimum atomic E-state index is -1.19. The van der Waals surface area contributed by atoms with Crippen molar-refractivity contribution < 1.29 is 38.4 Å². The number of carboxylic acids is 1. The van der Waals surface area contributed by atoms with E-state index in [0.29, 0.717) is 0 Å². The van der Waals surface area contributed by atoms with Gasteiger partial charge in [-0.3, -0.25) is 0 Å². The van der Waals surface area contributed by atoms with E-state index >= 15 is 0 Å². The Kier molecular flexibility index (Phi) is 5.62. The second-order valence-electron chi connectivity index (χ2n) is 7.62. The Morgan fingerprint density at radius 3 is 2.36 bits per heavy atom. The number of aliphatic carboxylic acids is 1. The van der Waals surface area contributed by atoms with Crippen LogP contribution >= 0.6 is 0 Å². The molecule has 2 fully saturated rings. The third-order valence-electron chi connectivity index (χ3n) is 3.80. The summed E-state index contributed by atoms with van der Waals surface area (Å²) in [7, 11) is 1.48. The maximum absolute atomic E-state index is 11.9. The van der Waals surface area contributed by atoms with E-state index in [1.807, 2.05) is 0 Å². The molecule has 25 heavy (non-hydrogen) atoms. The van der Waals surface area contributed by atoms with Gasteiger partial charge in [-0.2, -0.15) is 0 Å². The van der Waals surface area contributed by atoms with Gasteiger partial charge in [0, 0.05) is 13.5 Å². The summed E-state index contributed by atoms with van der Waals surface area (Å²) in [6.45, 7) is 8.62. The molecule has 0 aromatic heterocycles. The molecule has 0 spiro atoms. The smallest absolute Gasteiger partial charge is 0.408 e. The summed E-state index contributed by atoms with van der Waals surface area (Å²) >= 11 is 0. The molecule has 1 amide bonds. The Bertz CT molecular complexity index is 515. The fraction of sp³-hybridized carbons (Fsp3) is 0.875. The van der Waals surface area contributed by atoms with Gasteiger partial charge in [0.15, 0.2) is 12.1 Å². The molecule has 2 aliphatic rings. The van der Waals surface area contributed by atoms with Gasteiger partial charge in [-0.25, -0.2) is 9.59 Å². The lowest BCUT2D eigenvalue weighted by Gasteiger charge is -2.26. The zero-order chi connectivity index (χ0) is 19.0. The highest BCUT2D eigenvalue weighted by Gasteiger charge is 2.56. The van der Waals surface area contributed by atoms with E-state index < -0.39 is 54.1 Å². The van der Waals surface area contributed by atoms with Crippen LogP contribution in [0, 0.1) is 0 Å². The topological polar surface area (TPSA) is 113 Å². The van der Waals surface area contributed by atoms with Gasteiger partial charge in [0.2, 0.25) is 0 Å². The zero-order valence-electron chi connectivity index (χ0n) is 15.4. The Morgan fingerprint density at radius 2 is 1.84 bits per heavy atom. The van der Waals surface area contributed by atoms with Gasteiger partial charge in [-0.05, 0) is 34.6 Å². The van der Waals surface area contributed by atoms with Crippen LogP contribution in [0.5, 0.6) is 0 Å². The first kappa shape index (κ1) is 19.9. The third-order valence-corrected chi connectivity index (χ3v) is 3.80. The number of methoxy groups -OCH3 is 1. The molecule has 2 aliphatic heterocycles. The monoisotopic (exact) mass is 361 g/mol. The molecule has 0 saturated carbocycles. The molecule has 4 unspecified atom stereocenters. The highest BCUT2D eigenvalue weighted by molar-refractivity contribution is 5.80. The number of hydrogen-bond acceptors (Lipinski definition) is 7. The van der Waals surface area contributed by atoms with Crippen molar-refractivity contribution >= 4 is 12.1 Å².